The quantitative estimate of drug-likeness (QED) is 0.883. The molecule has 1 unspecified atom stereocenters. The van der Waals surface area contributed by atoms with Gasteiger partial charge in [-0.2, -0.15) is 11.8 Å². The number of thiophene rings is 1. The van der Waals surface area contributed by atoms with E-state index in [1.54, 1.807) is 22.7 Å². The topological polar surface area (TPSA) is 54.0 Å². The van der Waals surface area contributed by atoms with Crippen LogP contribution in [-0.2, 0) is 4.79 Å². The lowest BCUT2D eigenvalue weighted by Gasteiger charge is -2.22. The highest BCUT2D eigenvalue weighted by Gasteiger charge is 2.18. The van der Waals surface area contributed by atoms with Gasteiger partial charge >= 0.3 is 0 Å². The normalized spacial score (nSPS) is 18.4. The molecule has 3 heterocycles. The van der Waals surface area contributed by atoms with E-state index in [9.17, 15) is 4.79 Å². The number of rotatable bonds is 4. The number of aryl methyl sites for hydroxylation is 2. The van der Waals surface area contributed by atoms with Gasteiger partial charge in [0.1, 0.15) is 0 Å². The molecule has 2 N–H and O–H groups in total. The summed E-state index contributed by atoms with van der Waals surface area (Å²) in [5, 5.41) is 7.04. The SMILES string of the molecule is Cc1ccc(-c2nc(NC(=O)CC3CSCCN3)sc2C)s1. The van der Waals surface area contributed by atoms with Gasteiger partial charge in [0, 0.05) is 40.3 Å². The molecule has 2 aromatic rings. The molecule has 1 amide bonds. The minimum absolute atomic E-state index is 0.0441. The van der Waals surface area contributed by atoms with Crippen molar-refractivity contribution in [3.63, 3.8) is 0 Å². The first-order valence-corrected chi connectivity index (χ1v) is 10.1. The van der Waals surface area contributed by atoms with Crippen LogP contribution in [0.4, 0.5) is 5.13 Å². The highest BCUT2D eigenvalue weighted by molar-refractivity contribution is 7.99. The molecule has 7 heteroatoms. The molecule has 0 aliphatic carbocycles. The summed E-state index contributed by atoms with van der Waals surface area (Å²) < 4.78 is 0. The number of hydrogen-bond acceptors (Lipinski definition) is 6. The van der Waals surface area contributed by atoms with Crippen molar-refractivity contribution in [3.05, 3.63) is 21.9 Å². The van der Waals surface area contributed by atoms with Crippen molar-refractivity contribution in [1.82, 2.24) is 10.3 Å². The van der Waals surface area contributed by atoms with Gasteiger partial charge in [-0.1, -0.05) is 0 Å². The Hall–Kier alpha value is -0.890. The fourth-order valence-electron chi connectivity index (χ4n) is 2.39. The van der Waals surface area contributed by atoms with E-state index in [0.717, 1.165) is 33.5 Å². The Morgan fingerprint density at radius 1 is 1.41 bits per heavy atom. The predicted molar refractivity (Wildman–Crippen MR) is 97.3 cm³/mol. The van der Waals surface area contributed by atoms with Crippen LogP contribution in [0.2, 0.25) is 0 Å². The van der Waals surface area contributed by atoms with E-state index in [0.29, 0.717) is 11.6 Å². The molecule has 1 fully saturated rings. The van der Waals surface area contributed by atoms with E-state index < -0.39 is 0 Å². The van der Waals surface area contributed by atoms with Crippen molar-refractivity contribution in [2.45, 2.75) is 26.3 Å². The Balaban J connectivity index is 1.64. The average Bonchev–Trinajstić information content (AvgIpc) is 3.06. The lowest BCUT2D eigenvalue weighted by molar-refractivity contribution is -0.116. The van der Waals surface area contributed by atoms with Crippen LogP contribution < -0.4 is 10.6 Å². The standard InChI is InChI=1S/C15H19N3OS3/c1-9-3-4-12(21-9)14-10(2)22-15(18-14)17-13(19)7-11-8-20-6-5-16-11/h3-4,11,16H,5-8H2,1-2H3,(H,17,18,19). The van der Waals surface area contributed by atoms with Gasteiger partial charge in [0.25, 0.3) is 0 Å². The van der Waals surface area contributed by atoms with Crippen LogP contribution in [0.15, 0.2) is 12.1 Å². The van der Waals surface area contributed by atoms with E-state index in [1.807, 2.05) is 11.8 Å². The summed E-state index contributed by atoms with van der Waals surface area (Å²) in [5.41, 5.74) is 0.991. The Bertz CT molecular complexity index is 659. The smallest absolute Gasteiger partial charge is 0.227 e. The zero-order valence-corrected chi connectivity index (χ0v) is 15.1. The zero-order chi connectivity index (χ0) is 15.5. The summed E-state index contributed by atoms with van der Waals surface area (Å²) in [6, 6.07) is 4.47. The summed E-state index contributed by atoms with van der Waals surface area (Å²) in [7, 11) is 0. The maximum Gasteiger partial charge on any atom is 0.227 e. The van der Waals surface area contributed by atoms with E-state index in [1.165, 1.54) is 4.88 Å². The highest BCUT2D eigenvalue weighted by Crippen LogP contribution is 2.34. The van der Waals surface area contributed by atoms with Gasteiger partial charge in [0.15, 0.2) is 5.13 Å². The molecule has 0 radical (unpaired) electrons. The number of thioether (sulfide) groups is 1. The zero-order valence-electron chi connectivity index (χ0n) is 12.6. The van der Waals surface area contributed by atoms with Gasteiger partial charge in [0.2, 0.25) is 5.91 Å². The molecule has 0 bridgehead atoms. The Morgan fingerprint density at radius 2 is 2.27 bits per heavy atom. The molecular weight excluding hydrogens is 334 g/mol. The molecule has 118 valence electrons. The Kier molecular flexibility index (Phi) is 5.18. The lowest BCUT2D eigenvalue weighted by Crippen LogP contribution is -2.39. The minimum Gasteiger partial charge on any atom is -0.312 e. The molecule has 0 aromatic carbocycles. The third kappa shape index (κ3) is 3.90. The summed E-state index contributed by atoms with van der Waals surface area (Å²) in [5.74, 6) is 2.18. The first-order valence-electron chi connectivity index (χ1n) is 7.27. The third-order valence-electron chi connectivity index (χ3n) is 3.45. The fraction of sp³-hybridized carbons (Fsp3) is 0.467. The molecule has 1 aliphatic rings. The van der Waals surface area contributed by atoms with Gasteiger partial charge in [-0.05, 0) is 26.0 Å². The van der Waals surface area contributed by atoms with Crippen molar-refractivity contribution in [2.24, 2.45) is 0 Å². The molecule has 0 spiro atoms. The first kappa shape index (κ1) is 16.0. The van der Waals surface area contributed by atoms with Gasteiger partial charge in [-0.3, -0.25) is 4.79 Å². The number of carbonyl (C=O) groups excluding carboxylic acids is 1. The molecule has 22 heavy (non-hydrogen) atoms. The number of amides is 1. The molecule has 3 rings (SSSR count). The number of aromatic nitrogens is 1. The highest BCUT2D eigenvalue weighted by atomic mass is 32.2. The van der Waals surface area contributed by atoms with E-state index in [2.05, 4.69) is 41.6 Å². The molecule has 1 atom stereocenters. The maximum absolute atomic E-state index is 12.2. The van der Waals surface area contributed by atoms with E-state index >= 15 is 0 Å². The Morgan fingerprint density at radius 3 is 2.95 bits per heavy atom. The van der Waals surface area contributed by atoms with Crippen molar-refractivity contribution in [1.29, 1.82) is 0 Å². The molecule has 0 saturated carbocycles. The monoisotopic (exact) mass is 353 g/mol. The van der Waals surface area contributed by atoms with Crippen molar-refractivity contribution in [2.75, 3.05) is 23.4 Å². The predicted octanol–water partition coefficient (Wildman–Crippen LogP) is 3.52. The molecule has 4 nitrogen and oxygen atoms in total. The number of nitrogens with one attached hydrogen (secondary N) is 2. The number of hydrogen-bond donors (Lipinski definition) is 2. The maximum atomic E-state index is 12.2. The van der Waals surface area contributed by atoms with Gasteiger partial charge < -0.3 is 10.6 Å². The van der Waals surface area contributed by atoms with E-state index in [4.69, 9.17) is 0 Å². The van der Waals surface area contributed by atoms with Crippen LogP contribution in [-0.4, -0.2) is 35.0 Å². The molecular formula is C15H19N3OS3. The minimum atomic E-state index is 0.0441. The second-order valence-corrected chi connectivity index (χ2v) is 8.95. The van der Waals surface area contributed by atoms with Crippen LogP contribution in [0.1, 0.15) is 16.2 Å². The number of anilines is 1. The van der Waals surface area contributed by atoms with Crippen LogP contribution in [0.5, 0.6) is 0 Å². The van der Waals surface area contributed by atoms with Crippen molar-refractivity contribution < 1.29 is 4.79 Å². The van der Waals surface area contributed by atoms with Crippen molar-refractivity contribution in [3.8, 4) is 10.6 Å². The second-order valence-electron chi connectivity index (χ2n) is 5.31. The van der Waals surface area contributed by atoms with Gasteiger partial charge in [0.05, 0.1) is 10.6 Å². The van der Waals surface area contributed by atoms with E-state index in [-0.39, 0.29) is 11.9 Å². The Labute approximate surface area is 142 Å². The van der Waals surface area contributed by atoms with Crippen molar-refractivity contribution >= 4 is 45.5 Å². The first-order chi connectivity index (χ1) is 10.6. The lowest BCUT2D eigenvalue weighted by atomic mass is 10.2. The summed E-state index contributed by atoms with van der Waals surface area (Å²) in [4.78, 5) is 20.3. The van der Waals surface area contributed by atoms with Crippen LogP contribution in [0.25, 0.3) is 10.6 Å². The van der Waals surface area contributed by atoms with Crippen LogP contribution in [0, 0.1) is 13.8 Å². The number of thiazole rings is 1. The number of carbonyl (C=O) groups is 1. The third-order valence-corrected chi connectivity index (χ3v) is 6.47. The second kappa shape index (κ2) is 7.12. The molecule has 1 aliphatic heterocycles. The van der Waals surface area contributed by atoms with Gasteiger partial charge in [-0.25, -0.2) is 4.98 Å². The van der Waals surface area contributed by atoms with Gasteiger partial charge in [-0.15, -0.1) is 22.7 Å². The average molecular weight is 354 g/mol. The molecule has 2 aromatic heterocycles. The van der Waals surface area contributed by atoms with Crippen LogP contribution >= 0.6 is 34.4 Å². The largest absolute Gasteiger partial charge is 0.312 e. The summed E-state index contributed by atoms with van der Waals surface area (Å²) >= 11 is 5.18. The summed E-state index contributed by atoms with van der Waals surface area (Å²) in [6.07, 6.45) is 0.513. The molecule has 1 saturated heterocycles. The fourth-order valence-corrected chi connectivity index (χ4v) is 5.16. The van der Waals surface area contributed by atoms with Crippen LogP contribution in [0.3, 0.4) is 0 Å². The summed E-state index contributed by atoms with van der Waals surface area (Å²) in [6.45, 7) is 5.13. The number of nitrogens with zero attached hydrogens (tertiary/aromatic N) is 1.